The van der Waals surface area contributed by atoms with Gasteiger partial charge in [0.25, 0.3) is 0 Å². The molecule has 7 heteroatoms. The van der Waals surface area contributed by atoms with E-state index in [1.807, 2.05) is 12.1 Å². The summed E-state index contributed by atoms with van der Waals surface area (Å²) in [5.74, 6) is -0.787. The van der Waals surface area contributed by atoms with Crippen LogP contribution in [0.5, 0.6) is 5.75 Å². The van der Waals surface area contributed by atoms with Gasteiger partial charge in [0, 0.05) is 21.5 Å². The molecule has 6 aromatic carbocycles. The van der Waals surface area contributed by atoms with Crippen LogP contribution in [0, 0.1) is 12.7 Å². The Hall–Kier alpha value is -4.26. The molecule has 0 aromatic heterocycles. The number of ether oxygens (including phenoxy) is 1. The molecule has 0 unspecified atom stereocenters. The highest BCUT2D eigenvalue weighted by molar-refractivity contribution is 6.21. The molecule has 0 amide bonds. The summed E-state index contributed by atoms with van der Waals surface area (Å²) in [4.78, 5) is 26.3. The highest BCUT2D eigenvalue weighted by Crippen LogP contribution is 2.35. The van der Waals surface area contributed by atoms with E-state index in [-0.39, 0.29) is 22.0 Å². The number of rotatable bonds is 2. The molecule has 0 saturated heterocycles. The van der Waals surface area contributed by atoms with Gasteiger partial charge < -0.3 is 4.74 Å². The number of aryl methyl sites for hydroxylation is 1. The molecule has 0 fully saturated rings. The fraction of sp³-hybridized carbons (Fsp3) is 0.0714. The number of hydrogen-bond donors (Lipinski definition) is 0. The first kappa shape index (κ1) is 21.3. The summed E-state index contributed by atoms with van der Waals surface area (Å²) < 4.78 is 55.5. The van der Waals surface area contributed by atoms with Gasteiger partial charge in [-0.2, -0.15) is 0 Å². The highest BCUT2D eigenvalue weighted by atomic mass is 19.4. The Morgan fingerprint density at radius 2 is 1.11 bits per heavy atom. The van der Waals surface area contributed by atoms with Crippen molar-refractivity contribution in [2.24, 2.45) is 0 Å². The van der Waals surface area contributed by atoms with Crippen LogP contribution in [0.3, 0.4) is 0 Å². The van der Waals surface area contributed by atoms with Gasteiger partial charge in [0.2, 0.25) is 0 Å². The van der Waals surface area contributed by atoms with Crippen molar-refractivity contribution in [3.63, 3.8) is 0 Å². The number of halogens is 4. The third-order valence-electron chi connectivity index (χ3n) is 6.45. The zero-order valence-corrected chi connectivity index (χ0v) is 18.1. The zero-order chi connectivity index (χ0) is 24.6. The maximum Gasteiger partial charge on any atom is 0.573 e. The third-order valence-corrected chi connectivity index (χ3v) is 6.45. The van der Waals surface area contributed by atoms with Crippen LogP contribution in [0.1, 0.15) is 5.56 Å². The Bertz CT molecular complexity index is 1930. The molecule has 172 valence electrons. The normalized spacial score (nSPS) is 12.4. The van der Waals surface area contributed by atoms with Crippen LogP contribution in [0.25, 0.3) is 54.2 Å². The third kappa shape index (κ3) is 3.26. The quantitative estimate of drug-likeness (QED) is 0.256. The summed E-state index contributed by atoms with van der Waals surface area (Å²) in [5.41, 5.74) is 1.33. The van der Waals surface area contributed by atoms with Gasteiger partial charge >= 0.3 is 6.36 Å². The SMILES string of the molecule is Cc1cc(-c2ccc3c(c2)c(=O)c2cc4c(=O)c5cc(OC(F)(F)F)ccc5c4cc23)ccc1F. The average molecular weight is 474 g/mol. The first-order valence-corrected chi connectivity index (χ1v) is 10.7. The van der Waals surface area contributed by atoms with E-state index < -0.39 is 17.5 Å². The van der Waals surface area contributed by atoms with Crippen molar-refractivity contribution in [1.82, 2.24) is 0 Å². The van der Waals surface area contributed by atoms with Gasteiger partial charge in [0.05, 0.1) is 0 Å². The van der Waals surface area contributed by atoms with Gasteiger partial charge in [-0.1, -0.05) is 18.2 Å². The van der Waals surface area contributed by atoms with Crippen LogP contribution >= 0.6 is 0 Å². The molecule has 0 saturated carbocycles. The summed E-state index contributed by atoms with van der Waals surface area (Å²) in [7, 11) is 0. The summed E-state index contributed by atoms with van der Waals surface area (Å²) >= 11 is 0. The molecule has 0 N–H and O–H groups in total. The van der Waals surface area contributed by atoms with Crippen LogP contribution in [0.15, 0.2) is 76.3 Å². The van der Waals surface area contributed by atoms with Crippen molar-refractivity contribution >= 4 is 43.1 Å². The van der Waals surface area contributed by atoms with Gasteiger partial charge in [0.1, 0.15) is 11.6 Å². The van der Waals surface area contributed by atoms with Crippen LogP contribution in [-0.4, -0.2) is 6.36 Å². The van der Waals surface area contributed by atoms with Crippen molar-refractivity contribution in [2.75, 3.05) is 0 Å². The van der Waals surface area contributed by atoms with E-state index in [0.717, 1.165) is 23.3 Å². The van der Waals surface area contributed by atoms with Crippen molar-refractivity contribution < 1.29 is 22.3 Å². The van der Waals surface area contributed by atoms with E-state index in [1.165, 1.54) is 18.2 Å². The molecule has 0 spiro atoms. The molecule has 0 heterocycles. The van der Waals surface area contributed by atoms with Gasteiger partial charge in [-0.15, -0.1) is 13.2 Å². The van der Waals surface area contributed by atoms with E-state index in [2.05, 4.69) is 4.74 Å². The molecular weight excluding hydrogens is 460 g/mol. The molecule has 35 heavy (non-hydrogen) atoms. The zero-order valence-electron chi connectivity index (χ0n) is 18.1. The summed E-state index contributed by atoms with van der Waals surface area (Å²) in [5, 5.41) is 3.60. The lowest BCUT2D eigenvalue weighted by Gasteiger charge is -2.08. The van der Waals surface area contributed by atoms with Gasteiger partial charge in [-0.25, -0.2) is 4.39 Å². The molecule has 6 rings (SSSR count). The van der Waals surface area contributed by atoms with E-state index in [4.69, 9.17) is 0 Å². The molecule has 0 radical (unpaired) electrons. The second kappa shape index (κ2) is 7.12. The largest absolute Gasteiger partial charge is 0.573 e. The topological polar surface area (TPSA) is 43.4 Å². The van der Waals surface area contributed by atoms with Gasteiger partial charge in [-0.05, 0) is 93.7 Å². The number of alkyl halides is 3. The van der Waals surface area contributed by atoms with E-state index >= 15 is 0 Å². The first-order valence-electron chi connectivity index (χ1n) is 10.7. The molecular formula is C28H14F4O3. The van der Waals surface area contributed by atoms with Crippen LogP contribution < -0.4 is 15.6 Å². The van der Waals surface area contributed by atoms with Crippen molar-refractivity contribution in [3.8, 4) is 16.9 Å². The van der Waals surface area contributed by atoms with Gasteiger partial charge in [0.15, 0.2) is 10.9 Å². The predicted molar refractivity (Wildman–Crippen MR) is 128 cm³/mol. The minimum atomic E-state index is -4.87. The monoisotopic (exact) mass is 474 g/mol. The lowest BCUT2D eigenvalue weighted by molar-refractivity contribution is -0.274. The van der Waals surface area contributed by atoms with Crippen LogP contribution in [-0.2, 0) is 0 Å². The van der Waals surface area contributed by atoms with Gasteiger partial charge in [-0.3, -0.25) is 9.59 Å². The summed E-state index contributed by atoms with van der Waals surface area (Å²) in [6, 6.07) is 17.1. The van der Waals surface area contributed by atoms with Crippen molar-refractivity contribution in [2.45, 2.75) is 13.3 Å². The smallest absolute Gasteiger partial charge is 0.406 e. The Morgan fingerprint density at radius 1 is 0.600 bits per heavy atom. The Kier molecular flexibility index (Phi) is 4.33. The molecule has 3 nitrogen and oxygen atoms in total. The molecule has 0 bridgehead atoms. The maximum absolute atomic E-state index is 13.7. The average Bonchev–Trinajstić information content (AvgIpc) is 3.24. The van der Waals surface area contributed by atoms with Crippen LogP contribution in [0.2, 0.25) is 0 Å². The highest BCUT2D eigenvalue weighted by Gasteiger charge is 2.31. The second-order valence-electron chi connectivity index (χ2n) is 8.58. The van der Waals surface area contributed by atoms with E-state index in [0.29, 0.717) is 37.9 Å². The molecule has 0 atom stereocenters. The lowest BCUT2D eigenvalue weighted by Crippen LogP contribution is -2.17. The number of benzene rings is 4. The first-order chi connectivity index (χ1) is 16.6. The minimum Gasteiger partial charge on any atom is -0.406 e. The standard InChI is InChI=1S/C28H14F4O3/c1-13-8-14(3-7-25(13)29)15-2-5-17-19-11-20-18-6-4-16(35-28(30,31)32)10-22(18)27(34)24(20)12-23(19)26(33)21(17)9-15/h2-12H,1H3. The Balaban J connectivity index is 1.58. The van der Waals surface area contributed by atoms with Crippen molar-refractivity contribution in [1.29, 1.82) is 0 Å². The minimum absolute atomic E-state index is 0.0973. The molecule has 0 aliphatic heterocycles. The molecule has 6 aromatic rings. The fourth-order valence-electron chi connectivity index (χ4n) is 4.83. The van der Waals surface area contributed by atoms with E-state index in [1.54, 1.807) is 31.2 Å². The van der Waals surface area contributed by atoms with Crippen LogP contribution in [0.4, 0.5) is 17.6 Å². The molecule has 0 aliphatic carbocycles. The van der Waals surface area contributed by atoms with E-state index in [9.17, 15) is 27.2 Å². The Morgan fingerprint density at radius 3 is 1.74 bits per heavy atom. The summed E-state index contributed by atoms with van der Waals surface area (Å²) in [6.45, 7) is 1.67. The number of fused-ring (bicyclic) bond motifs is 6. The lowest BCUT2D eigenvalue weighted by atomic mass is 10.0. The number of hydrogen-bond acceptors (Lipinski definition) is 3. The predicted octanol–water partition coefficient (Wildman–Crippen LogP) is 6.91. The fourth-order valence-corrected chi connectivity index (χ4v) is 4.83. The molecule has 0 aliphatic rings. The summed E-state index contributed by atoms with van der Waals surface area (Å²) in [6.07, 6.45) is -4.87. The Labute approximate surface area is 194 Å². The van der Waals surface area contributed by atoms with Crippen molar-refractivity contribution in [3.05, 3.63) is 98.6 Å². The second-order valence-corrected chi connectivity index (χ2v) is 8.58. The maximum atomic E-state index is 13.7.